The molecule has 1 unspecified atom stereocenters. The fourth-order valence-electron chi connectivity index (χ4n) is 1.59. The third kappa shape index (κ3) is 1.94. The first-order valence-electron chi connectivity index (χ1n) is 4.47. The number of alkyl halides is 1. The van der Waals surface area contributed by atoms with Crippen molar-refractivity contribution in [1.29, 1.82) is 0 Å². The molecule has 0 N–H and O–H groups in total. The maximum absolute atomic E-state index is 13.3. The van der Waals surface area contributed by atoms with Crippen LogP contribution in [0, 0.1) is 17.3 Å². The van der Waals surface area contributed by atoms with Gasteiger partial charge in [-0.2, -0.15) is 0 Å². The lowest BCUT2D eigenvalue weighted by molar-refractivity contribution is 0.0355. The molecule has 0 aromatic heterocycles. The number of hydrogen-bond acceptors (Lipinski definition) is 0. The summed E-state index contributed by atoms with van der Waals surface area (Å²) < 4.78 is 13.3. The van der Waals surface area contributed by atoms with Gasteiger partial charge in [0.2, 0.25) is 0 Å². The summed E-state index contributed by atoms with van der Waals surface area (Å²) in [6.07, 6.45) is -0.720. The predicted octanol–water partition coefficient (Wildman–Crippen LogP) is 3.66. The Balaban J connectivity index is 4.53. The van der Waals surface area contributed by atoms with E-state index in [1.807, 2.05) is 6.92 Å². The molecule has 0 aliphatic heterocycles. The van der Waals surface area contributed by atoms with Crippen LogP contribution in [-0.4, -0.2) is 6.17 Å². The van der Waals surface area contributed by atoms with Crippen LogP contribution in [0.15, 0.2) is 0 Å². The maximum atomic E-state index is 13.3. The normalized spacial score (nSPS) is 16.1. The van der Waals surface area contributed by atoms with Gasteiger partial charge in [0.1, 0.15) is 6.17 Å². The molecular formula is C10H21F. The van der Waals surface area contributed by atoms with E-state index in [-0.39, 0.29) is 5.41 Å². The van der Waals surface area contributed by atoms with Crippen molar-refractivity contribution in [1.82, 2.24) is 0 Å². The molecule has 0 spiro atoms. The molecule has 0 bridgehead atoms. The molecule has 0 saturated carbocycles. The Labute approximate surface area is 70.2 Å². The summed E-state index contributed by atoms with van der Waals surface area (Å²) in [7, 11) is 0. The van der Waals surface area contributed by atoms with Gasteiger partial charge in [-0.25, -0.2) is 4.39 Å². The SMILES string of the molecule is CC(C)C(C)(C(C)C)C(C)F. The summed E-state index contributed by atoms with van der Waals surface area (Å²) in [5.74, 6) is 0.810. The van der Waals surface area contributed by atoms with Gasteiger partial charge < -0.3 is 0 Å². The van der Waals surface area contributed by atoms with Gasteiger partial charge in [0, 0.05) is 5.41 Å². The van der Waals surface area contributed by atoms with Gasteiger partial charge in [0.25, 0.3) is 0 Å². The van der Waals surface area contributed by atoms with Crippen LogP contribution in [0.4, 0.5) is 4.39 Å². The molecule has 0 heterocycles. The zero-order valence-corrected chi connectivity index (χ0v) is 8.61. The van der Waals surface area contributed by atoms with E-state index in [9.17, 15) is 4.39 Å². The van der Waals surface area contributed by atoms with Crippen molar-refractivity contribution in [3.8, 4) is 0 Å². The molecular weight excluding hydrogens is 139 g/mol. The molecule has 0 amide bonds. The number of hydrogen-bond donors (Lipinski definition) is 0. The number of halogens is 1. The Bertz CT molecular complexity index is 92.3. The summed E-state index contributed by atoms with van der Waals surface area (Å²) in [5, 5.41) is 0. The third-order valence-electron chi connectivity index (χ3n) is 3.35. The van der Waals surface area contributed by atoms with Gasteiger partial charge in [-0.1, -0.05) is 34.6 Å². The van der Waals surface area contributed by atoms with E-state index >= 15 is 0 Å². The van der Waals surface area contributed by atoms with Crippen molar-refractivity contribution in [2.45, 2.75) is 47.7 Å². The third-order valence-corrected chi connectivity index (χ3v) is 3.35. The summed E-state index contributed by atoms with van der Waals surface area (Å²) in [6, 6.07) is 0. The molecule has 0 nitrogen and oxygen atoms in total. The molecule has 0 aliphatic rings. The molecule has 11 heavy (non-hydrogen) atoms. The minimum atomic E-state index is -0.720. The second-order valence-corrected chi connectivity index (χ2v) is 4.29. The molecule has 0 aromatic carbocycles. The van der Waals surface area contributed by atoms with Gasteiger partial charge in [0.05, 0.1) is 0 Å². The second kappa shape index (κ2) is 3.55. The highest BCUT2D eigenvalue weighted by Gasteiger charge is 2.37. The Morgan fingerprint density at radius 1 is 0.909 bits per heavy atom. The van der Waals surface area contributed by atoms with Crippen LogP contribution in [0.3, 0.4) is 0 Å². The van der Waals surface area contributed by atoms with Crippen LogP contribution in [0.2, 0.25) is 0 Å². The van der Waals surface area contributed by atoms with E-state index in [0.29, 0.717) is 11.8 Å². The standard InChI is InChI=1S/C10H21F/c1-7(2)10(6,8(3)4)9(5)11/h7-9H,1-6H3. The first-order chi connectivity index (χ1) is 4.83. The molecule has 0 fully saturated rings. The van der Waals surface area contributed by atoms with E-state index in [4.69, 9.17) is 0 Å². The lowest BCUT2D eigenvalue weighted by Gasteiger charge is -2.39. The molecule has 0 aliphatic carbocycles. The summed E-state index contributed by atoms with van der Waals surface area (Å²) >= 11 is 0. The van der Waals surface area contributed by atoms with Crippen LogP contribution < -0.4 is 0 Å². The Morgan fingerprint density at radius 3 is 1.18 bits per heavy atom. The predicted molar refractivity (Wildman–Crippen MR) is 48.4 cm³/mol. The lowest BCUT2D eigenvalue weighted by atomic mass is 9.68. The van der Waals surface area contributed by atoms with Gasteiger partial charge >= 0.3 is 0 Å². The van der Waals surface area contributed by atoms with Crippen molar-refractivity contribution in [2.75, 3.05) is 0 Å². The first-order valence-corrected chi connectivity index (χ1v) is 4.47. The highest BCUT2D eigenvalue weighted by atomic mass is 19.1. The van der Waals surface area contributed by atoms with E-state index < -0.39 is 6.17 Å². The first kappa shape index (κ1) is 10.9. The highest BCUT2D eigenvalue weighted by molar-refractivity contribution is 4.85. The molecule has 1 heteroatoms. The van der Waals surface area contributed by atoms with Crippen molar-refractivity contribution >= 4 is 0 Å². The number of rotatable bonds is 3. The van der Waals surface area contributed by atoms with Crippen molar-refractivity contribution in [3.05, 3.63) is 0 Å². The summed E-state index contributed by atoms with van der Waals surface area (Å²) in [5.41, 5.74) is -0.167. The Hall–Kier alpha value is -0.0700. The fraction of sp³-hybridized carbons (Fsp3) is 1.00. The van der Waals surface area contributed by atoms with Crippen LogP contribution in [0.5, 0.6) is 0 Å². The zero-order chi connectivity index (χ0) is 9.23. The van der Waals surface area contributed by atoms with Gasteiger partial charge in [-0.05, 0) is 18.8 Å². The van der Waals surface area contributed by atoms with Crippen molar-refractivity contribution in [3.63, 3.8) is 0 Å². The van der Waals surface area contributed by atoms with E-state index in [1.165, 1.54) is 0 Å². The Morgan fingerprint density at radius 2 is 1.18 bits per heavy atom. The topological polar surface area (TPSA) is 0 Å². The molecule has 68 valence electrons. The van der Waals surface area contributed by atoms with Crippen LogP contribution >= 0.6 is 0 Å². The monoisotopic (exact) mass is 160 g/mol. The molecule has 0 rings (SSSR count). The summed E-state index contributed by atoms with van der Waals surface area (Å²) in [4.78, 5) is 0. The van der Waals surface area contributed by atoms with E-state index in [2.05, 4.69) is 27.7 Å². The molecule has 0 radical (unpaired) electrons. The smallest absolute Gasteiger partial charge is 0.103 e. The maximum Gasteiger partial charge on any atom is 0.103 e. The van der Waals surface area contributed by atoms with Gasteiger partial charge in [-0.15, -0.1) is 0 Å². The quantitative estimate of drug-likeness (QED) is 0.591. The van der Waals surface area contributed by atoms with Crippen LogP contribution in [-0.2, 0) is 0 Å². The van der Waals surface area contributed by atoms with Crippen LogP contribution in [0.25, 0.3) is 0 Å². The highest BCUT2D eigenvalue weighted by Crippen LogP contribution is 2.39. The fourth-order valence-corrected chi connectivity index (χ4v) is 1.59. The van der Waals surface area contributed by atoms with Gasteiger partial charge in [-0.3, -0.25) is 0 Å². The van der Waals surface area contributed by atoms with Gasteiger partial charge in [0.15, 0.2) is 0 Å². The minimum absolute atomic E-state index is 0.167. The average molecular weight is 160 g/mol. The van der Waals surface area contributed by atoms with Crippen molar-refractivity contribution < 1.29 is 4.39 Å². The van der Waals surface area contributed by atoms with Crippen LogP contribution in [0.1, 0.15) is 41.5 Å². The van der Waals surface area contributed by atoms with E-state index in [0.717, 1.165) is 0 Å². The van der Waals surface area contributed by atoms with Crippen molar-refractivity contribution in [2.24, 2.45) is 17.3 Å². The minimum Gasteiger partial charge on any atom is -0.247 e. The lowest BCUT2D eigenvalue weighted by Crippen LogP contribution is -2.37. The largest absolute Gasteiger partial charge is 0.247 e. The zero-order valence-electron chi connectivity index (χ0n) is 8.61. The second-order valence-electron chi connectivity index (χ2n) is 4.29. The molecule has 0 aromatic rings. The Kier molecular flexibility index (Phi) is 3.53. The molecule has 0 saturated heterocycles. The average Bonchev–Trinajstić information content (AvgIpc) is 1.84. The molecule has 1 atom stereocenters. The van der Waals surface area contributed by atoms with E-state index in [1.54, 1.807) is 6.92 Å². The summed E-state index contributed by atoms with van der Waals surface area (Å²) in [6.45, 7) is 12.1.